The number of nitrogens with one attached hydrogen (secondary N) is 1. The smallest absolute Gasteiger partial charge is 0.337 e. The van der Waals surface area contributed by atoms with Gasteiger partial charge in [0.05, 0.1) is 28.9 Å². The van der Waals surface area contributed by atoms with E-state index in [4.69, 9.17) is 4.74 Å². The predicted molar refractivity (Wildman–Crippen MR) is 84.4 cm³/mol. The van der Waals surface area contributed by atoms with Crippen LogP contribution in [0.1, 0.15) is 39.3 Å². The number of allylic oxidation sites excluding steroid dienone is 2. The van der Waals surface area contributed by atoms with Gasteiger partial charge in [-0.1, -0.05) is 6.07 Å². The number of hydrogen-bond acceptors (Lipinski definition) is 5. The van der Waals surface area contributed by atoms with Crippen LogP contribution in [0.4, 0.5) is 0 Å². The predicted octanol–water partition coefficient (Wildman–Crippen LogP) is 2.35. The number of carbonyl (C=O) groups excluding carboxylic acids is 1. The molecule has 0 aromatic carbocycles. The first kappa shape index (κ1) is 16.7. The number of pyridine rings is 1. The van der Waals surface area contributed by atoms with Crippen molar-refractivity contribution < 1.29 is 19.4 Å². The van der Waals surface area contributed by atoms with Gasteiger partial charge >= 0.3 is 11.9 Å². The van der Waals surface area contributed by atoms with Gasteiger partial charge in [-0.3, -0.25) is 4.98 Å². The molecule has 0 saturated heterocycles. The highest BCUT2D eigenvalue weighted by Crippen LogP contribution is 2.37. The first-order chi connectivity index (χ1) is 10.8. The Morgan fingerprint density at radius 1 is 1.22 bits per heavy atom. The van der Waals surface area contributed by atoms with Crippen LogP contribution in [0.3, 0.4) is 0 Å². The van der Waals surface area contributed by atoms with Crippen molar-refractivity contribution in [1.29, 1.82) is 0 Å². The zero-order chi connectivity index (χ0) is 17.1. The first-order valence-corrected chi connectivity index (χ1v) is 7.36. The van der Waals surface area contributed by atoms with Gasteiger partial charge in [0.15, 0.2) is 0 Å². The molecule has 1 aromatic heterocycles. The highest BCUT2D eigenvalue weighted by atomic mass is 16.5. The highest BCUT2D eigenvalue weighted by Gasteiger charge is 2.38. The molecule has 0 spiro atoms. The number of dihydropyridines is 1. The van der Waals surface area contributed by atoms with Gasteiger partial charge in [0.2, 0.25) is 0 Å². The highest BCUT2D eigenvalue weighted by molar-refractivity contribution is 5.99. The van der Waals surface area contributed by atoms with E-state index in [1.54, 1.807) is 52.1 Å². The lowest BCUT2D eigenvalue weighted by atomic mass is 9.83. The van der Waals surface area contributed by atoms with Crippen LogP contribution < -0.4 is 5.32 Å². The number of hydrogen-bond donors (Lipinski definition) is 2. The topological polar surface area (TPSA) is 88.5 Å². The molecule has 1 aliphatic heterocycles. The largest absolute Gasteiger partial charge is 0.478 e. The van der Waals surface area contributed by atoms with Crippen molar-refractivity contribution in [3.05, 3.63) is 52.6 Å². The molecule has 1 aromatic rings. The van der Waals surface area contributed by atoms with Crippen LogP contribution in [-0.2, 0) is 14.3 Å². The van der Waals surface area contributed by atoms with E-state index in [0.717, 1.165) is 0 Å². The van der Waals surface area contributed by atoms with E-state index >= 15 is 0 Å². The number of carbonyl (C=O) groups is 2. The third kappa shape index (κ3) is 3.41. The zero-order valence-electron chi connectivity index (χ0n) is 13.6. The molecule has 0 fully saturated rings. The standard InChI is InChI=1S/C17H20N2O4/c1-9(2)23-17(22)14-11(4)19-10(3)13(16(20)21)15(14)12-7-5-6-8-18-12/h5-9,15,19H,1-4H3,(H,20,21). The van der Waals surface area contributed by atoms with Crippen molar-refractivity contribution >= 4 is 11.9 Å². The Hall–Kier alpha value is -2.63. The molecule has 6 nitrogen and oxygen atoms in total. The molecule has 23 heavy (non-hydrogen) atoms. The van der Waals surface area contributed by atoms with Crippen LogP contribution >= 0.6 is 0 Å². The molecule has 0 amide bonds. The van der Waals surface area contributed by atoms with E-state index in [9.17, 15) is 14.7 Å². The molecule has 0 aliphatic carbocycles. The number of ether oxygens (including phenoxy) is 1. The molecule has 1 aliphatic rings. The lowest BCUT2D eigenvalue weighted by Crippen LogP contribution is -2.32. The number of esters is 1. The van der Waals surface area contributed by atoms with Crippen molar-refractivity contribution in [2.45, 2.75) is 39.7 Å². The van der Waals surface area contributed by atoms with Crippen LogP contribution in [0, 0.1) is 0 Å². The fraction of sp³-hybridized carbons (Fsp3) is 0.353. The lowest BCUT2D eigenvalue weighted by Gasteiger charge is -2.29. The average Bonchev–Trinajstić information content (AvgIpc) is 2.45. The van der Waals surface area contributed by atoms with Gasteiger partial charge in [-0.05, 0) is 39.8 Å². The van der Waals surface area contributed by atoms with Crippen LogP contribution in [0.25, 0.3) is 0 Å². The summed E-state index contributed by atoms with van der Waals surface area (Å²) in [5.41, 5.74) is 1.95. The van der Waals surface area contributed by atoms with Gasteiger partial charge in [0.25, 0.3) is 0 Å². The zero-order valence-corrected chi connectivity index (χ0v) is 13.6. The molecule has 122 valence electrons. The molecule has 2 heterocycles. The number of nitrogens with zero attached hydrogens (tertiary/aromatic N) is 1. The third-order valence-electron chi connectivity index (χ3n) is 3.54. The Labute approximate surface area is 134 Å². The number of aliphatic carboxylic acids is 1. The average molecular weight is 316 g/mol. The summed E-state index contributed by atoms with van der Waals surface area (Å²) >= 11 is 0. The molecule has 0 radical (unpaired) electrons. The third-order valence-corrected chi connectivity index (χ3v) is 3.54. The summed E-state index contributed by atoms with van der Waals surface area (Å²) in [7, 11) is 0. The van der Waals surface area contributed by atoms with Gasteiger partial charge in [0, 0.05) is 17.6 Å². The number of carboxylic acid groups (broad SMARTS) is 1. The van der Waals surface area contributed by atoms with Crippen molar-refractivity contribution in [1.82, 2.24) is 10.3 Å². The molecule has 1 unspecified atom stereocenters. The maximum Gasteiger partial charge on any atom is 0.337 e. The molecule has 0 bridgehead atoms. The van der Waals surface area contributed by atoms with Gasteiger partial charge < -0.3 is 15.2 Å². The van der Waals surface area contributed by atoms with Crippen LogP contribution in [0.5, 0.6) is 0 Å². The summed E-state index contributed by atoms with van der Waals surface area (Å²) in [6.07, 6.45) is 1.28. The van der Waals surface area contributed by atoms with Gasteiger partial charge in [-0.2, -0.15) is 0 Å². The minimum atomic E-state index is -1.09. The normalized spacial score (nSPS) is 18.0. The molecular formula is C17H20N2O4. The maximum absolute atomic E-state index is 12.5. The number of aromatic nitrogens is 1. The summed E-state index contributed by atoms with van der Waals surface area (Å²) in [5, 5.41) is 12.6. The van der Waals surface area contributed by atoms with E-state index < -0.39 is 17.9 Å². The van der Waals surface area contributed by atoms with Gasteiger partial charge in [-0.15, -0.1) is 0 Å². The van der Waals surface area contributed by atoms with E-state index in [1.807, 2.05) is 0 Å². The van der Waals surface area contributed by atoms with Crippen molar-refractivity contribution in [3.8, 4) is 0 Å². The molecule has 2 N–H and O–H groups in total. The van der Waals surface area contributed by atoms with Crippen LogP contribution in [0.15, 0.2) is 46.9 Å². The van der Waals surface area contributed by atoms with Crippen molar-refractivity contribution in [2.75, 3.05) is 0 Å². The van der Waals surface area contributed by atoms with Crippen molar-refractivity contribution in [2.24, 2.45) is 0 Å². The second-order valence-electron chi connectivity index (χ2n) is 5.65. The number of rotatable bonds is 4. The lowest BCUT2D eigenvalue weighted by molar-refractivity contribution is -0.143. The molecular weight excluding hydrogens is 296 g/mol. The van der Waals surface area contributed by atoms with E-state index in [1.165, 1.54) is 0 Å². The Balaban J connectivity index is 2.60. The second-order valence-corrected chi connectivity index (χ2v) is 5.65. The summed E-state index contributed by atoms with van der Waals surface area (Å²) in [6, 6.07) is 5.21. The fourth-order valence-electron chi connectivity index (χ4n) is 2.67. The quantitative estimate of drug-likeness (QED) is 0.829. The SMILES string of the molecule is CC1=C(C(=O)O)C(c2ccccn2)C(C(=O)OC(C)C)=C(C)N1. The minimum Gasteiger partial charge on any atom is -0.478 e. The number of carboxylic acids is 1. The fourth-order valence-corrected chi connectivity index (χ4v) is 2.67. The Morgan fingerprint density at radius 2 is 1.87 bits per heavy atom. The Bertz CT molecular complexity index is 690. The maximum atomic E-state index is 12.5. The summed E-state index contributed by atoms with van der Waals surface area (Å²) < 4.78 is 5.30. The van der Waals surface area contributed by atoms with E-state index in [2.05, 4.69) is 10.3 Å². The van der Waals surface area contributed by atoms with E-state index in [-0.39, 0.29) is 17.3 Å². The Morgan fingerprint density at radius 3 is 2.39 bits per heavy atom. The Kier molecular flexibility index (Phi) is 4.83. The molecule has 0 saturated carbocycles. The molecule has 1 atom stereocenters. The summed E-state index contributed by atoms with van der Waals surface area (Å²) in [4.78, 5) is 28.5. The summed E-state index contributed by atoms with van der Waals surface area (Å²) in [6.45, 7) is 6.90. The van der Waals surface area contributed by atoms with Crippen LogP contribution in [-0.4, -0.2) is 28.1 Å². The first-order valence-electron chi connectivity index (χ1n) is 7.36. The van der Waals surface area contributed by atoms with Gasteiger partial charge in [0.1, 0.15) is 0 Å². The summed E-state index contributed by atoms with van der Waals surface area (Å²) in [5.74, 6) is -2.39. The second kappa shape index (κ2) is 6.64. The molecule has 6 heteroatoms. The molecule has 2 rings (SSSR count). The van der Waals surface area contributed by atoms with Crippen LogP contribution in [0.2, 0.25) is 0 Å². The van der Waals surface area contributed by atoms with Gasteiger partial charge in [-0.25, -0.2) is 9.59 Å². The van der Waals surface area contributed by atoms with E-state index in [0.29, 0.717) is 17.1 Å². The van der Waals surface area contributed by atoms with Crippen molar-refractivity contribution in [3.63, 3.8) is 0 Å². The monoisotopic (exact) mass is 316 g/mol. The minimum absolute atomic E-state index is 0.102.